The zero-order valence-electron chi connectivity index (χ0n) is 11.7. The monoisotopic (exact) mass is 339 g/mol. The van der Waals surface area contributed by atoms with Crippen LogP contribution in [0.1, 0.15) is 30.4 Å². The van der Waals surface area contributed by atoms with E-state index in [0.717, 1.165) is 30.2 Å². The molecule has 1 aromatic rings. The van der Waals surface area contributed by atoms with E-state index in [-0.39, 0.29) is 5.41 Å². The van der Waals surface area contributed by atoms with Crippen LogP contribution in [0.25, 0.3) is 0 Å². The Morgan fingerprint density at radius 3 is 2.65 bits per heavy atom. The van der Waals surface area contributed by atoms with Gasteiger partial charge >= 0.3 is 0 Å². The van der Waals surface area contributed by atoms with Crippen LogP contribution in [0, 0.1) is 5.41 Å². The van der Waals surface area contributed by atoms with Gasteiger partial charge in [0.15, 0.2) is 0 Å². The molecule has 0 spiro atoms. The Labute approximate surface area is 128 Å². The van der Waals surface area contributed by atoms with Crippen molar-refractivity contribution in [2.45, 2.75) is 37.7 Å². The SMILES string of the molecule is NCC1(C2(O)CCc3cc(Br)ccc3C2)CCOCC1. The number of aryl methyl sites for hydroxylation is 1. The zero-order chi connectivity index (χ0) is 14.2. The van der Waals surface area contributed by atoms with E-state index in [1.165, 1.54) is 11.1 Å². The molecule has 0 bridgehead atoms. The molecule has 4 heteroatoms. The van der Waals surface area contributed by atoms with E-state index in [2.05, 4.69) is 34.1 Å². The van der Waals surface area contributed by atoms with Crippen LogP contribution in [-0.4, -0.2) is 30.5 Å². The predicted molar refractivity (Wildman–Crippen MR) is 82.7 cm³/mol. The molecule has 3 nitrogen and oxygen atoms in total. The first-order valence-electron chi connectivity index (χ1n) is 7.36. The van der Waals surface area contributed by atoms with Gasteiger partial charge in [0, 0.05) is 36.1 Å². The Morgan fingerprint density at radius 1 is 1.20 bits per heavy atom. The summed E-state index contributed by atoms with van der Waals surface area (Å²) in [5.74, 6) is 0. The molecule has 1 fully saturated rings. The van der Waals surface area contributed by atoms with Crippen LogP contribution in [0.4, 0.5) is 0 Å². The highest BCUT2D eigenvalue weighted by Crippen LogP contribution is 2.47. The molecule has 0 aromatic heterocycles. The second-order valence-corrected chi connectivity index (χ2v) is 7.13. The maximum atomic E-state index is 11.3. The summed E-state index contributed by atoms with van der Waals surface area (Å²) in [6, 6.07) is 6.37. The molecule has 0 saturated carbocycles. The molecule has 1 saturated heterocycles. The van der Waals surface area contributed by atoms with Crippen LogP contribution < -0.4 is 5.73 Å². The molecule has 20 heavy (non-hydrogen) atoms. The van der Waals surface area contributed by atoms with Crippen molar-refractivity contribution >= 4 is 15.9 Å². The summed E-state index contributed by atoms with van der Waals surface area (Å²) >= 11 is 3.52. The molecule has 110 valence electrons. The molecule has 3 N–H and O–H groups in total. The van der Waals surface area contributed by atoms with Crippen molar-refractivity contribution in [3.63, 3.8) is 0 Å². The number of fused-ring (bicyclic) bond motifs is 1. The average molecular weight is 340 g/mol. The fourth-order valence-electron chi connectivity index (χ4n) is 3.82. The molecular formula is C16H22BrNO2. The number of nitrogens with two attached hydrogens (primary N) is 1. The first-order chi connectivity index (χ1) is 9.59. The summed E-state index contributed by atoms with van der Waals surface area (Å²) in [5, 5.41) is 11.3. The van der Waals surface area contributed by atoms with Gasteiger partial charge in [-0.15, -0.1) is 0 Å². The third kappa shape index (κ3) is 2.33. The molecule has 1 aliphatic carbocycles. The molecule has 1 unspecified atom stereocenters. The van der Waals surface area contributed by atoms with Gasteiger partial charge in [0.05, 0.1) is 5.60 Å². The lowest BCUT2D eigenvalue weighted by Crippen LogP contribution is -2.57. The normalized spacial score (nSPS) is 28.9. The van der Waals surface area contributed by atoms with Gasteiger partial charge in [0.1, 0.15) is 0 Å². The third-order valence-electron chi connectivity index (χ3n) is 5.29. The van der Waals surface area contributed by atoms with Crippen LogP contribution in [0.5, 0.6) is 0 Å². The summed E-state index contributed by atoms with van der Waals surface area (Å²) < 4.78 is 6.59. The maximum Gasteiger partial charge on any atom is 0.0760 e. The Balaban J connectivity index is 1.91. The van der Waals surface area contributed by atoms with Gasteiger partial charge in [-0.25, -0.2) is 0 Å². The van der Waals surface area contributed by atoms with E-state index >= 15 is 0 Å². The van der Waals surface area contributed by atoms with Crippen molar-refractivity contribution < 1.29 is 9.84 Å². The van der Waals surface area contributed by atoms with E-state index in [1.54, 1.807) is 0 Å². The second-order valence-electron chi connectivity index (χ2n) is 6.22. The Hall–Kier alpha value is -0.420. The van der Waals surface area contributed by atoms with Crippen molar-refractivity contribution in [2.75, 3.05) is 19.8 Å². The minimum atomic E-state index is -0.688. The van der Waals surface area contributed by atoms with Crippen LogP contribution in [-0.2, 0) is 17.6 Å². The van der Waals surface area contributed by atoms with Crippen LogP contribution in [0.2, 0.25) is 0 Å². The molecular weight excluding hydrogens is 318 g/mol. The first kappa shape index (κ1) is 14.5. The molecule has 1 atom stereocenters. The molecule has 2 aliphatic rings. The quantitative estimate of drug-likeness (QED) is 0.869. The van der Waals surface area contributed by atoms with E-state index < -0.39 is 5.60 Å². The van der Waals surface area contributed by atoms with Crippen LogP contribution >= 0.6 is 15.9 Å². The molecule has 0 radical (unpaired) electrons. The average Bonchev–Trinajstić information content (AvgIpc) is 2.48. The van der Waals surface area contributed by atoms with Crippen LogP contribution in [0.15, 0.2) is 22.7 Å². The topological polar surface area (TPSA) is 55.5 Å². The lowest BCUT2D eigenvalue weighted by atomic mass is 9.60. The Morgan fingerprint density at radius 2 is 1.95 bits per heavy atom. The highest BCUT2D eigenvalue weighted by molar-refractivity contribution is 9.10. The van der Waals surface area contributed by atoms with Gasteiger partial charge in [-0.1, -0.05) is 22.0 Å². The lowest BCUT2D eigenvalue weighted by molar-refractivity contribution is -0.135. The summed E-state index contributed by atoms with van der Waals surface area (Å²) in [6.45, 7) is 1.97. The van der Waals surface area contributed by atoms with Gasteiger partial charge < -0.3 is 15.6 Å². The maximum absolute atomic E-state index is 11.3. The van der Waals surface area contributed by atoms with E-state index in [9.17, 15) is 5.11 Å². The van der Waals surface area contributed by atoms with Gasteiger partial charge in [0.2, 0.25) is 0 Å². The number of hydrogen-bond acceptors (Lipinski definition) is 3. The highest BCUT2D eigenvalue weighted by Gasteiger charge is 2.51. The smallest absolute Gasteiger partial charge is 0.0760 e. The van der Waals surface area contributed by atoms with Crippen LogP contribution in [0.3, 0.4) is 0 Å². The van der Waals surface area contributed by atoms with Crippen molar-refractivity contribution in [1.29, 1.82) is 0 Å². The van der Waals surface area contributed by atoms with E-state index in [0.29, 0.717) is 26.2 Å². The molecule has 3 rings (SSSR count). The number of aliphatic hydroxyl groups is 1. The Bertz CT molecular complexity index is 499. The van der Waals surface area contributed by atoms with Crippen molar-refractivity contribution in [3.05, 3.63) is 33.8 Å². The summed E-state index contributed by atoms with van der Waals surface area (Å²) in [5.41, 5.74) is 7.82. The molecule has 1 aliphatic heterocycles. The fourth-order valence-corrected chi connectivity index (χ4v) is 4.23. The second kappa shape index (κ2) is 5.41. The minimum absolute atomic E-state index is 0.185. The molecule has 1 heterocycles. The van der Waals surface area contributed by atoms with Gasteiger partial charge in [0.25, 0.3) is 0 Å². The van der Waals surface area contributed by atoms with Crippen molar-refractivity contribution in [2.24, 2.45) is 11.1 Å². The fraction of sp³-hybridized carbons (Fsp3) is 0.625. The zero-order valence-corrected chi connectivity index (χ0v) is 13.3. The lowest BCUT2D eigenvalue weighted by Gasteiger charge is -2.51. The largest absolute Gasteiger partial charge is 0.389 e. The summed E-state index contributed by atoms with van der Waals surface area (Å²) in [6.07, 6.45) is 4.17. The minimum Gasteiger partial charge on any atom is -0.389 e. The molecule has 0 amide bonds. The summed E-state index contributed by atoms with van der Waals surface area (Å²) in [4.78, 5) is 0. The van der Waals surface area contributed by atoms with Crippen molar-refractivity contribution in [1.82, 2.24) is 0 Å². The first-order valence-corrected chi connectivity index (χ1v) is 8.15. The predicted octanol–water partition coefficient (Wildman–Crippen LogP) is 2.42. The van der Waals surface area contributed by atoms with Crippen molar-refractivity contribution in [3.8, 4) is 0 Å². The van der Waals surface area contributed by atoms with Gasteiger partial charge in [-0.05, 0) is 48.9 Å². The standard InChI is InChI=1S/C16H22BrNO2/c17-14-2-1-13-10-16(19,4-3-12(13)9-14)15(11-18)5-7-20-8-6-15/h1-2,9,19H,3-8,10-11,18H2. The third-order valence-corrected chi connectivity index (χ3v) is 5.78. The number of ether oxygens (including phenoxy) is 1. The van der Waals surface area contributed by atoms with E-state index in [1.807, 2.05) is 0 Å². The number of rotatable bonds is 2. The number of hydrogen-bond donors (Lipinski definition) is 2. The molecule has 1 aromatic carbocycles. The van der Waals surface area contributed by atoms with E-state index in [4.69, 9.17) is 10.5 Å². The summed E-state index contributed by atoms with van der Waals surface area (Å²) in [7, 11) is 0. The van der Waals surface area contributed by atoms with Gasteiger partial charge in [-0.2, -0.15) is 0 Å². The Kier molecular flexibility index (Phi) is 3.93. The number of benzene rings is 1. The highest BCUT2D eigenvalue weighted by atomic mass is 79.9. The number of halogens is 1. The van der Waals surface area contributed by atoms with Gasteiger partial charge in [-0.3, -0.25) is 0 Å².